The Bertz CT molecular complexity index is 466. The molecule has 0 aromatic heterocycles. The maximum Gasteiger partial charge on any atom is 0.335 e. The highest BCUT2D eigenvalue weighted by molar-refractivity contribution is 5.89. The monoisotopic (exact) mass is 238 g/mol. The highest BCUT2D eigenvalue weighted by Crippen LogP contribution is 2.30. The zero-order valence-corrected chi connectivity index (χ0v) is 8.62. The summed E-state index contributed by atoms with van der Waals surface area (Å²) in [6.07, 6.45) is 2.18. The van der Waals surface area contributed by atoms with Crippen molar-refractivity contribution in [3.8, 4) is 11.5 Å². The molecule has 0 saturated carbocycles. The summed E-state index contributed by atoms with van der Waals surface area (Å²) in [5.74, 6) is -3.19. The smallest absolute Gasteiger partial charge is 0.335 e. The zero-order chi connectivity index (χ0) is 13.0. The number of carbonyl (C=O) groups is 2. The van der Waals surface area contributed by atoms with E-state index in [-0.39, 0.29) is 17.5 Å². The number of aromatic carboxylic acids is 1. The van der Waals surface area contributed by atoms with E-state index in [0.29, 0.717) is 0 Å². The molecule has 0 bridgehead atoms. The fraction of sp³-hybridized carbons (Fsp3) is 0.0909. The van der Waals surface area contributed by atoms with Crippen LogP contribution in [0, 0.1) is 0 Å². The Morgan fingerprint density at radius 2 is 1.65 bits per heavy atom. The molecule has 4 N–H and O–H groups in total. The molecule has 1 aromatic rings. The fourth-order valence-electron chi connectivity index (χ4n) is 1.19. The van der Waals surface area contributed by atoms with Gasteiger partial charge in [0, 0.05) is 0 Å². The molecule has 0 aliphatic rings. The van der Waals surface area contributed by atoms with Crippen LogP contribution < -0.4 is 0 Å². The number of rotatable bonds is 4. The Labute approximate surface area is 96.1 Å². The molecule has 0 spiro atoms. The van der Waals surface area contributed by atoms with Gasteiger partial charge < -0.3 is 20.4 Å². The Kier molecular flexibility index (Phi) is 3.71. The third-order valence-corrected chi connectivity index (χ3v) is 1.96. The maximum absolute atomic E-state index is 10.6. The molecular formula is C11H10O6. The summed E-state index contributed by atoms with van der Waals surface area (Å²) in [5.41, 5.74) is -0.272. The number of phenols is 2. The molecular weight excluding hydrogens is 228 g/mol. The molecule has 0 heterocycles. The Balaban J connectivity index is 3.05. The highest BCUT2D eigenvalue weighted by atomic mass is 16.4. The van der Waals surface area contributed by atoms with Crippen molar-refractivity contribution in [3.63, 3.8) is 0 Å². The molecule has 17 heavy (non-hydrogen) atoms. The van der Waals surface area contributed by atoms with Crippen molar-refractivity contribution in [3.05, 3.63) is 29.3 Å². The van der Waals surface area contributed by atoms with Gasteiger partial charge in [0.2, 0.25) is 0 Å². The SMILES string of the molecule is O=C(O)CC=Cc1c(O)cc(C(=O)O)cc1O. The van der Waals surface area contributed by atoms with E-state index >= 15 is 0 Å². The molecule has 1 rings (SSSR count). The third kappa shape index (κ3) is 3.23. The number of carboxylic acids is 2. The number of hydrogen-bond donors (Lipinski definition) is 4. The average molecular weight is 238 g/mol. The Morgan fingerprint density at radius 1 is 1.12 bits per heavy atom. The van der Waals surface area contributed by atoms with Gasteiger partial charge in [-0.25, -0.2) is 4.79 Å². The molecule has 0 amide bonds. The lowest BCUT2D eigenvalue weighted by atomic mass is 10.1. The highest BCUT2D eigenvalue weighted by Gasteiger charge is 2.11. The topological polar surface area (TPSA) is 115 Å². The number of phenolic OH excluding ortho intramolecular Hbond substituents is 2. The van der Waals surface area contributed by atoms with Crippen LogP contribution in [0.4, 0.5) is 0 Å². The van der Waals surface area contributed by atoms with Crippen LogP contribution in [0.2, 0.25) is 0 Å². The summed E-state index contributed by atoms with van der Waals surface area (Å²) in [6, 6.07) is 1.95. The second-order valence-corrected chi connectivity index (χ2v) is 3.23. The van der Waals surface area contributed by atoms with Crippen molar-refractivity contribution in [2.45, 2.75) is 6.42 Å². The Morgan fingerprint density at radius 3 is 2.06 bits per heavy atom. The van der Waals surface area contributed by atoms with Crippen LogP contribution in [0.15, 0.2) is 18.2 Å². The van der Waals surface area contributed by atoms with E-state index < -0.39 is 23.4 Å². The normalized spacial score (nSPS) is 10.6. The number of hydrogen-bond acceptors (Lipinski definition) is 4. The van der Waals surface area contributed by atoms with Gasteiger partial charge in [-0.05, 0) is 12.1 Å². The summed E-state index contributed by atoms with van der Waals surface area (Å²) < 4.78 is 0. The Hall–Kier alpha value is -2.50. The lowest BCUT2D eigenvalue weighted by molar-refractivity contribution is -0.135. The summed E-state index contributed by atoms with van der Waals surface area (Å²) >= 11 is 0. The molecule has 0 radical (unpaired) electrons. The molecule has 0 atom stereocenters. The van der Waals surface area contributed by atoms with Gasteiger partial charge in [-0.3, -0.25) is 4.79 Å². The fourth-order valence-corrected chi connectivity index (χ4v) is 1.19. The largest absolute Gasteiger partial charge is 0.507 e. The van der Waals surface area contributed by atoms with Crippen molar-refractivity contribution in [1.82, 2.24) is 0 Å². The van der Waals surface area contributed by atoms with Crippen LogP contribution in [0.5, 0.6) is 11.5 Å². The average Bonchev–Trinajstić information content (AvgIpc) is 2.21. The maximum atomic E-state index is 10.6. The van der Waals surface area contributed by atoms with E-state index in [1.807, 2.05) is 0 Å². The minimum absolute atomic E-state index is 0.0174. The minimum atomic E-state index is -1.28. The molecule has 0 unspecified atom stereocenters. The van der Waals surface area contributed by atoms with Crippen molar-refractivity contribution < 1.29 is 30.0 Å². The first-order chi connectivity index (χ1) is 7.91. The second-order valence-electron chi connectivity index (χ2n) is 3.23. The first-order valence-electron chi connectivity index (χ1n) is 4.59. The molecule has 90 valence electrons. The summed E-state index contributed by atoms with van der Waals surface area (Å²) in [6.45, 7) is 0. The lowest BCUT2D eigenvalue weighted by Crippen LogP contribution is -1.96. The predicted molar refractivity (Wildman–Crippen MR) is 58.0 cm³/mol. The quantitative estimate of drug-likeness (QED) is 0.628. The van der Waals surface area contributed by atoms with Crippen LogP contribution >= 0.6 is 0 Å². The molecule has 0 fully saturated rings. The molecule has 1 aromatic carbocycles. The van der Waals surface area contributed by atoms with Gasteiger partial charge in [0.25, 0.3) is 0 Å². The van der Waals surface area contributed by atoms with Crippen LogP contribution in [0.25, 0.3) is 6.08 Å². The van der Waals surface area contributed by atoms with Crippen molar-refractivity contribution in [2.75, 3.05) is 0 Å². The summed E-state index contributed by atoms with van der Waals surface area (Å²) in [5, 5.41) is 36.0. The van der Waals surface area contributed by atoms with Gasteiger partial charge >= 0.3 is 11.9 Å². The van der Waals surface area contributed by atoms with Gasteiger partial charge in [0.05, 0.1) is 17.5 Å². The number of benzene rings is 1. The summed E-state index contributed by atoms with van der Waals surface area (Å²) in [7, 11) is 0. The van der Waals surface area contributed by atoms with Crippen LogP contribution in [0.3, 0.4) is 0 Å². The third-order valence-electron chi connectivity index (χ3n) is 1.96. The van der Waals surface area contributed by atoms with E-state index in [2.05, 4.69) is 0 Å². The van der Waals surface area contributed by atoms with Gasteiger partial charge in [-0.2, -0.15) is 0 Å². The minimum Gasteiger partial charge on any atom is -0.507 e. The number of aromatic hydroxyl groups is 2. The van der Waals surface area contributed by atoms with Crippen molar-refractivity contribution in [1.29, 1.82) is 0 Å². The van der Waals surface area contributed by atoms with Gasteiger partial charge in [-0.1, -0.05) is 12.2 Å². The number of aliphatic carboxylic acids is 1. The first kappa shape index (κ1) is 12.6. The lowest BCUT2D eigenvalue weighted by Gasteiger charge is -2.04. The van der Waals surface area contributed by atoms with Crippen molar-refractivity contribution >= 4 is 18.0 Å². The van der Waals surface area contributed by atoms with E-state index in [1.54, 1.807) is 0 Å². The van der Waals surface area contributed by atoms with E-state index in [0.717, 1.165) is 12.1 Å². The van der Waals surface area contributed by atoms with Crippen LogP contribution in [-0.4, -0.2) is 32.4 Å². The van der Waals surface area contributed by atoms with Gasteiger partial charge in [0.1, 0.15) is 11.5 Å². The number of carboxylic acid groups (broad SMARTS) is 2. The van der Waals surface area contributed by atoms with E-state index in [9.17, 15) is 19.8 Å². The van der Waals surface area contributed by atoms with E-state index in [4.69, 9.17) is 10.2 Å². The molecule has 6 nitrogen and oxygen atoms in total. The first-order valence-corrected chi connectivity index (χ1v) is 4.59. The standard InChI is InChI=1S/C11H10O6/c12-8-4-6(11(16)17)5-9(13)7(8)2-1-3-10(14)15/h1-2,4-5,12-13H,3H2,(H,14,15)(H,16,17). The molecule has 0 aliphatic carbocycles. The van der Waals surface area contributed by atoms with Crippen LogP contribution in [0.1, 0.15) is 22.3 Å². The summed E-state index contributed by atoms with van der Waals surface area (Å²) in [4.78, 5) is 20.9. The molecule has 0 aliphatic heterocycles. The molecule has 0 saturated heterocycles. The second kappa shape index (κ2) is 5.02. The zero-order valence-electron chi connectivity index (χ0n) is 8.62. The van der Waals surface area contributed by atoms with Gasteiger partial charge in [-0.15, -0.1) is 0 Å². The predicted octanol–water partition coefficient (Wildman–Crippen LogP) is 1.28. The van der Waals surface area contributed by atoms with Crippen molar-refractivity contribution in [2.24, 2.45) is 0 Å². The van der Waals surface area contributed by atoms with Gasteiger partial charge in [0.15, 0.2) is 0 Å². The molecule has 6 heteroatoms. The van der Waals surface area contributed by atoms with E-state index in [1.165, 1.54) is 12.2 Å². The van der Waals surface area contributed by atoms with Crippen LogP contribution in [-0.2, 0) is 4.79 Å².